The van der Waals surface area contributed by atoms with Crippen LogP contribution >= 0.6 is 0 Å². The average molecular weight is 459 g/mol. The van der Waals surface area contributed by atoms with Gasteiger partial charge in [-0.1, -0.05) is 30.3 Å². The number of likely N-dealkylation sites (tertiary alicyclic amines) is 1. The molecule has 2 aromatic carbocycles. The SMILES string of the molecule is CC1OC2(CCN(CCc3cccc(NS(N)(=O)=O)c3)CC2)CN(c2ccccc2)C1=O. The molecule has 2 heterocycles. The molecule has 0 radical (unpaired) electrons. The number of hydrogen-bond acceptors (Lipinski definition) is 5. The Labute approximate surface area is 189 Å². The van der Waals surface area contributed by atoms with Gasteiger partial charge in [-0.15, -0.1) is 0 Å². The van der Waals surface area contributed by atoms with Crippen molar-refractivity contribution in [1.82, 2.24) is 4.90 Å². The second kappa shape index (κ2) is 9.19. The molecule has 2 aliphatic heterocycles. The van der Waals surface area contributed by atoms with Crippen molar-refractivity contribution in [2.24, 2.45) is 5.14 Å². The van der Waals surface area contributed by atoms with Crippen LogP contribution in [0.1, 0.15) is 25.3 Å². The summed E-state index contributed by atoms with van der Waals surface area (Å²) in [5.41, 5.74) is 2.11. The Morgan fingerprint density at radius 3 is 2.53 bits per heavy atom. The molecular formula is C23H30N4O4S. The molecule has 1 atom stereocenters. The zero-order valence-corrected chi connectivity index (χ0v) is 19.1. The van der Waals surface area contributed by atoms with Gasteiger partial charge < -0.3 is 14.5 Å². The molecule has 1 spiro atoms. The molecule has 4 rings (SSSR count). The van der Waals surface area contributed by atoms with E-state index in [1.807, 2.05) is 60.4 Å². The summed E-state index contributed by atoms with van der Waals surface area (Å²) < 4.78 is 31.1. The molecule has 2 aliphatic rings. The van der Waals surface area contributed by atoms with E-state index in [9.17, 15) is 13.2 Å². The van der Waals surface area contributed by atoms with Crippen molar-refractivity contribution in [2.75, 3.05) is 35.8 Å². The van der Waals surface area contributed by atoms with Crippen LogP contribution in [0.2, 0.25) is 0 Å². The minimum absolute atomic E-state index is 0.0113. The highest BCUT2D eigenvalue weighted by atomic mass is 32.2. The van der Waals surface area contributed by atoms with Crippen LogP contribution in [0.4, 0.5) is 11.4 Å². The molecule has 0 aliphatic carbocycles. The second-order valence-corrected chi connectivity index (χ2v) is 9.94. The minimum Gasteiger partial charge on any atom is -0.360 e. The number of rotatable bonds is 6. The van der Waals surface area contributed by atoms with E-state index >= 15 is 0 Å². The molecule has 0 aromatic heterocycles. The summed E-state index contributed by atoms with van der Waals surface area (Å²) >= 11 is 0. The molecule has 1 amide bonds. The molecule has 1 unspecified atom stereocenters. The number of benzene rings is 2. The van der Waals surface area contributed by atoms with Gasteiger partial charge in [-0.2, -0.15) is 8.42 Å². The van der Waals surface area contributed by atoms with Gasteiger partial charge in [0.25, 0.3) is 16.1 Å². The number of nitrogens with two attached hydrogens (primary N) is 1. The average Bonchev–Trinajstić information content (AvgIpc) is 2.76. The molecule has 32 heavy (non-hydrogen) atoms. The maximum atomic E-state index is 12.7. The number of carbonyl (C=O) groups is 1. The van der Waals surface area contributed by atoms with Gasteiger partial charge in [-0.25, -0.2) is 5.14 Å². The highest BCUT2D eigenvalue weighted by Crippen LogP contribution is 2.35. The number of hydrogen-bond donors (Lipinski definition) is 2. The summed E-state index contributed by atoms with van der Waals surface area (Å²) in [5.74, 6) is 0.0113. The van der Waals surface area contributed by atoms with E-state index in [-0.39, 0.29) is 11.5 Å². The maximum Gasteiger partial charge on any atom is 0.296 e. The van der Waals surface area contributed by atoms with Crippen molar-refractivity contribution in [2.45, 2.75) is 37.9 Å². The third-order valence-electron chi connectivity index (χ3n) is 6.23. The fourth-order valence-corrected chi connectivity index (χ4v) is 5.03. The molecule has 0 saturated carbocycles. The van der Waals surface area contributed by atoms with Crippen LogP contribution in [0.5, 0.6) is 0 Å². The monoisotopic (exact) mass is 458 g/mol. The van der Waals surface area contributed by atoms with E-state index in [1.54, 1.807) is 6.07 Å². The number of nitrogens with zero attached hydrogens (tertiary/aromatic N) is 2. The Morgan fingerprint density at radius 2 is 1.84 bits per heavy atom. The number of nitrogens with one attached hydrogen (secondary N) is 1. The number of piperidine rings is 1. The van der Waals surface area contributed by atoms with Gasteiger partial charge in [0.15, 0.2) is 0 Å². The summed E-state index contributed by atoms with van der Waals surface area (Å²) in [6.45, 7) is 5.06. The predicted molar refractivity (Wildman–Crippen MR) is 125 cm³/mol. The van der Waals surface area contributed by atoms with E-state index in [0.717, 1.165) is 50.1 Å². The fourth-order valence-electron chi connectivity index (χ4n) is 4.58. The summed E-state index contributed by atoms with van der Waals surface area (Å²) in [5, 5.41) is 5.06. The Morgan fingerprint density at radius 1 is 1.12 bits per heavy atom. The molecule has 2 saturated heterocycles. The lowest BCUT2D eigenvalue weighted by Gasteiger charge is -2.49. The Balaban J connectivity index is 1.35. The largest absolute Gasteiger partial charge is 0.360 e. The number of para-hydroxylation sites is 1. The molecule has 8 nitrogen and oxygen atoms in total. The molecule has 2 aromatic rings. The summed E-state index contributed by atoms with van der Waals surface area (Å²) in [6.07, 6.45) is 2.07. The summed E-state index contributed by atoms with van der Waals surface area (Å²) in [6, 6.07) is 17.1. The van der Waals surface area contributed by atoms with E-state index in [4.69, 9.17) is 9.88 Å². The predicted octanol–water partition coefficient (Wildman–Crippen LogP) is 2.13. The fraction of sp³-hybridized carbons (Fsp3) is 0.435. The van der Waals surface area contributed by atoms with Gasteiger partial charge in [0.2, 0.25) is 0 Å². The van der Waals surface area contributed by atoms with E-state index < -0.39 is 16.3 Å². The zero-order valence-electron chi connectivity index (χ0n) is 18.2. The number of amides is 1. The minimum atomic E-state index is -3.78. The normalized spacial score (nSPS) is 21.6. The highest BCUT2D eigenvalue weighted by molar-refractivity contribution is 7.90. The first-order valence-corrected chi connectivity index (χ1v) is 12.4. The highest BCUT2D eigenvalue weighted by Gasteiger charge is 2.45. The molecule has 0 bridgehead atoms. The van der Waals surface area contributed by atoms with Crippen molar-refractivity contribution >= 4 is 27.5 Å². The van der Waals surface area contributed by atoms with Crippen LogP contribution in [0, 0.1) is 0 Å². The van der Waals surface area contributed by atoms with Crippen LogP contribution in [0.15, 0.2) is 54.6 Å². The zero-order chi connectivity index (χ0) is 22.8. The van der Waals surface area contributed by atoms with Gasteiger partial charge in [-0.05, 0) is 56.0 Å². The maximum absolute atomic E-state index is 12.7. The van der Waals surface area contributed by atoms with Crippen molar-refractivity contribution in [3.8, 4) is 0 Å². The number of carbonyl (C=O) groups excluding carboxylic acids is 1. The molecule has 3 N–H and O–H groups in total. The molecule has 172 valence electrons. The van der Waals surface area contributed by atoms with Crippen molar-refractivity contribution in [3.05, 3.63) is 60.2 Å². The first-order valence-electron chi connectivity index (χ1n) is 10.9. The first kappa shape index (κ1) is 22.7. The van der Waals surface area contributed by atoms with E-state index in [2.05, 4.69) is 9.62 Å². The van der Waals surface area contributed by atoms with Crippen LogP contribution in [-0.2, 0) is 26.2 Å². The van der Waals surface area contributed by atoms with Crippen LogP contribution in [0.25, 0.3) is 0 Å². The van der Waals surface area contributed by atoms with Gasteiger partial charge >= 0.3 is 0 Å². The lowest BCUT2D eigenvalue weighted by atomic mass is 9.88. The molecule has 2 fully saturated rings. The lowest BCUT2D eigenvalue weighted by Crippen LogP contribution is -2.61. The van der Waals surface area contributed by atoms with E-state index in [1.165, 1.54) is 0 Å². The Bertz CT molecular complexity index is 1050. The third-order valence-corrected chi connectivity index (χ3v) is 6.75. The Hall–Kier alpha value is -2.46. The number of anilines is 2. The lowest BCUT2D eigenvalue weighted by molar-refractivity contribution is -0.161. The number of ether oxygens (including phenoxy) is 1. The smallest absolute Gasteiger partial charge is 0.296 e. The van der Waals surface area contributed by atoms with Gasteiger partial charge in [0.05, 0.1) is 12.1 Å². The van der Waals surface area contributed by atoms with Gasteiger partial charge in [0, 0.05) is 31.0 Å². The van der Waals surface area contributed by atoms with Crippen molar-refractivity contribution < 1.29 is 17.9 Å². The second-order valence-electron chi connectivity index (χ2n) is 8.64. The van der Waals surface area contributed by atoms with Crippen molar-refractivity contribution in [3.63, 3.8) is 0 Å². The Kier molecular flexibility index (Phi) is 6.52. The standard InChI is InChI=1S/C23H30N4O4S/c1-18-22(28)27(21-8-3-2-4-9-21)17-23(31-18)11-14-26(15-12-23)13-10-19-6-5-7-20(16-19)25-32(24,29)30/h2-9,16,18,25H,10-15,17H2,1H3,(H2,24,29,30). The number of morpholine rings is 1. The van der Waals surface area contributed by atoms with Crippen LogP contribution < -0.4 is 14.8 Å². The third kappa shape index (κ3) is 5.47. The first-order chi connectivity index (χ1) is 15.2. The molecular weight excluding hydrogens is 428 g/mol. The topological polar surface area (TPSA) is 105 Å². The van der Waals surface area contributed by atoms with Gasteiger partial charge in [0.1, 0.15) is 6.10 Å². The summed E-state index contributed by atoms with van der Waals surface area (Å²) in [4.78, 5) is 17.0. The van der Waals surface area contributed by atoms with Crippen molar-refractivity contribution in [1.29, 1.82) is 0 Å². The van der Waals surface area contributed by atoms with Crippen LogP contribution in [-0.4, -0.2) is 57.1 Å². The summed E-state index contributed by atoms with van der Waals surface area (Å²) in [7, 11) is -3.78. The molecule has 9 heteroatoms. The van der Waals surface area contributed by atoms with Gasteiger partial charge in [-0.3, -0.25) is 9.52 Å². The quantitative estimate of drug-likeness (QED) is 0.690. The van der Waals surface area contributed by atoms with Crippen LogP contribution in [0.3, 0.4) is 0 Å². The van der Waals surface area contributed by atoms with E-state index in [0.29, 0.717) is 12.2 Å².